The lowest BCUT2D eigenvalue weighted by Crippen LogP contribution is -2.19. The molecule has 3 aromatic carbocycles. The van der Waals surface area contributed by atoms with E-state index < -0.39 is 0 Å². The molecule has 1 heterocycles. The highest BCUT2D eigenvalue weighted by atomic mass is 35.5. The van der Waals surface area contributed by atoms with E-state index in [2.05, 4.69) is 26.0 Å². The Balaban J connectivity index is 1.24. The second-order valence-electron chi connectivity index (χ2n) is 8.44. The molecule has 0 atom stereocenters. The molecule has 218 valence electrons. The van der Waals surface area contributed by atoms with E-state index in [0.29, 0.717) is 46.1 Å². The van der Waals surface area contributed by atoms with E-state index >= 15 is 0 Å². The van der Waals surface area contributed by atoms with Crippen LogP contribution in [0, 0.1) is 0 Å². The first kappa shape index (κ1) is 30.8. The molecule has 0 unspecified atom stereocenters. The minimum absolute atomic E-state index is 0.0432. The Bertz CT molecular complexity index is 1510. The Morgan fingerprint density at radius 2 is 1.81 bits per heavy atom. The molecule has 0 bridgehead atoms. The van der Waals surface area contributed by atoms with Crippen molar-refractivity contribution in [2.75, 3.05) is 31.4 Å². The predicted molar refractivity (Wildman–Crippen MR) is 166 cm³/mol. The maximum absolute atomic E-state index is 12.4. The van der Waals surface area contributed by atoms with Crippen molar-refractivity contribution in [1.82, 2.24) is 15.6 Å². The van der Waals surface area contributed by atoms with Gasteiger partial charge in [-0.2, -0.15) is 5.10 Å². The summed E-state index contributed by atoms with van der Waals surface area (Å²) < 4.78 is 16.8. The predicted octanol–water partition coefficient (Wildman–Crippen LogP) is 5.72. The first-order valence-electron chi connectivity index (χ1n) is 12.8. The highest BCUT2D eigenvalue weighted by Crippen LogP contribution is 2.29. The van der Waals surface area contributed by atoms with Gasteiger partial charge in [0.05, 0.1) is 33.0 Å². The zero-order valence-electron chi connectivity index (χ0n) is 22.8. The molecule has 0 spiro atoms. The van der Waals surface area contributed by atoms with Crippen LogP contribution in [0.4, 0.5) is 5.13 Å². The number of methoxy groups -OCH3 is 1. The Labute approximate surface area is 256 Å². The average Bonchev–Trinajstić information content (AvgIpc) is 3.43. The lowest BCUT2D eigenvalue weighted by atomic mass is 10.2. The fourth-order valence-corrected chi connectivity index (χ4v) is 5.07. The number of hydrogen-bond donors (Lipinski definition) is 2. The summed E-state index contributed by atoms with van der Waals surface area (Å²) >= 11 is 8.72. The Kier molecular flexibility index (Phi) is 11.6. The van der Waals surface area contributed by atoms with Crippen molar-refractivity contribution in [2.45, 2.75) is 18.2 Å². The molecular formula is C29H28ClN5O5S2. The third kappa shape index (κ3) is 9.47. The van der Waals surface area contributed by atoms with Gasteiger partial charge in [-0.3, -0.25) is 14.9 Å². The van der Waals surface area contributed by atoms with Gasteiger partial charge in [-0.1, -0.05) is 22.9 Å². The van der Waals surface area contributed by atoms with Crippen LogP contribution in [-0.4, -0.2) is 54.3 Å². The maximum Gasteiger partial charge on any atom is 0.257 e. The molecule has 0 aliphatic carbocycles. The molecule has 0 saturated heterocycles. The van der Waals surface area contributed by atoms with E-state index in [1.165, 1.54) is 6.21 Å². The van der Waals surface area contributed by atoms with Gasteiger partial charge < -0.3 is 14.2 Å². The van der Waals surface area contributed by atoms with Gasteiger partial charge in [0.1, 0.15) is 10.8 Å². The third-order valence-corrected chi connectivity index (χ3v) is 7.51. The molecule has 2 amide bonds. The molecule has 10 nitrogen and oxygen atoms in total. The lowest BCUT2D eigenvalue weighted by Gasteiger charge is -2.12. The van der Waals surface area contributed by atoms with Crippen molar-refractivity contribution in [3.63, 3.8) is 0 Å². The van der Waals surface area contributed by atoms with Crippen LogP contribution in [0.3, 0.4) is 0 Å². The number of rotatable bonds is 14. The van der Waals surface area contributed by atoms with Crippen molar-refractivity contribution in [3.05, 3.63) is 87.9 Å². The lowest BCUT2D eigenvalue weighted by molar-refractivity contribution is -0.120. The summed E-state index contributed by atoms with van der Waals surface area (Å²) in [7, 11) is 1.55. The van der Waals surface area contributed by atoms with Crippen molar-refractivity contribution in [3.8, 4) is 17.2 Å². The summed E-state index contributed by atoms with van der Waals surface area (Å²) in [6.07, 6.45) is 1.47. The minimum Gasteiger partial charge on any atom is -0.497 e. The normalized spacial score (nSPS) is 10.8. The quantitative estimate of drug-likeness (QED) is 0.0790. The minimum atomic E-state index is -0.376. The van der Waals surface area contributed by atoms with Crippen LogP contribution >= 0.6 is 34.7 Å². The van der Waals surface area contributed by atoms with Gasteiger partial charge in [0.2, 0.25) is 11.0 Å². The van der Waals surface area contributed by atoms with Gasteiger partial charge >= 0.3 is 0 Å². The van der Waals surface area contributed by atoms with Crippen molar-refractivity contribution in [2.24, 2.45) is 5.10 Å². The molecule has 0 aliphatic rings. The van der Waals surface area contributed by atoms with Crippen LogP contribution in [0.1, 0.15) is 27.9 Å². The Morgan fingerprint density at radius 1 is 1.02 bits per heavy atom. The van der Waals surface area contributed by atoms with Crippen molar-refractivity contribution < 1.29 is 23.8 Å². The molecule has 4 rings (SSSR count). The van der Waals surface area contributed by atoms with Crippen LogP contribution < -0.4 is 25.0 Å². The van der Waals surface area contributed by atoms with E-state index in [1.807, 2.05) is 43.3 Å². The molecule has 2 N–H and O–H groups in total. The molecule has 13 heteroatoms. The molecule has 4 aromatic rings. The Hall–Kier alpha value is -4.13. The van der Waals surface area contributed by atoms with Gasteiger partial charge in [-0.05, 0) is 79.2 Å². The molecule has 42 heavy (non-hydrogen) atoms. The largest absolute Gasteiger partial charge is 0.497 e. The van der Waals surface area contributed by atoms with Gasteiger partial charge in [-0.25, -0.2) is 5.43 Å². The molecule has 0 aliphatic heterocycles. The van der Waals surface area contributed by atoms with Crippen LogP contribution in [-0.2, 0) is 11.2 Å². The number of anilines is 1. The fraction of sp³-hybridized carbons (Fsp3) is 0.207. The summed E-state index contributed by atoms with van der Waals surface area (Å²) in [4.78, 5) is 25.9. The summed E-state index contributed by atoms with van der Waals surface area (Å²) in [5, 5.41) is 16.1. The summed E-state index contributed by atoms with van der Waals surface area (Å²) in [6, 6.07) is 19.8. The summed E-state index contributed by atoms with van der Waals surface area (Å²) in [5.41, 5.74) is 3.65. The van der Waals surface area contributed by atoms with E-state index in [4.69, 9.17) is 25.8 Å². The standard InChI is InChI=1S/C29H28ClN5O5S2/c1-3-39-25-16-19(4-13-24(25)40-14-15-41-23-11-7-21(30)8-12-23)18-31-33-26(36)17-27-34-35-29(42-27)32-28(37)20-5-9-22(38-2)10-6-20/h4-13,16,18H,3,14-15,17H2,1-2H3,(H,33,36)(H,32,35,37)/b31-18+. The van der Waals surface area contributed by atoms with Gasteiger partial charge in [-0.15, -0.1) is 22.0 Å². The number of aromatic nitrogens is 2. The SMILES string of the molecule is CCOc1cc(/C=N/NC(=O)Cc2nnc(NC(=O)c3ccc(OC)cc3)s2)ccc1OCCSc1ccc(Cl)cc1. The number of halogens is 1. The molecule has 0 saturated carbocycles. The van der Waals surface area contributed by atoms with E-state index in [-0.39, 0.29) is 23.4 Å². The zero-order valence-corrected chi connectivity index (χ0v) is 25.2. The maximum atomic E-state index is 12.4. The average molecular weight is 626 g/mol. The number of ether oxygens (including phenoxy) is 3. The highest BCUT2D eigenvalue weighted by molar-refractivity contribution is 7.99. The topological polar surface area (TPSA) is 124 Å². The number of thioether (sulfide) groups is 1. The van der Waals surface area contributed by atoms with E-state index in [9.17, 15) is 9.59 Å². The summed E-state index contributed by atoms with van der Waals surface area (Å²) in [6.45, 7) is 2.86. The number of amides is 2. The molecular weight excluding hydrogens is 598 g/mol. The van der Waals surface area contributed by atoms with Crippen LogP contribution in [0.25, 0.3) is 0 Å². The van der Waals surface area contributed by atoms with Gasteiger partial charge in [0.15, 0.2) is 11.5 Å². The molecule has 0 fully saturated rings. The molecule has 0 radical (unpaired) electrons. The van der Waals surface area contributed by atoms with Gasteiger partial charge in [0, 0.05) is 21.2 Å². The van der Waals surface area contributed by atoms with Crippen LogP contribution in [0.5, 0.6) is 17.2 Å². The Morgan fingerprint density at radius 3 is 2.55 bits per heavy atom. The zero-order chi connectivity index (χ0) is 29.7. The number of nitrogens with one attached hydrogen (secondary N) is 2. The number of hydrogen-bond acceptors (Lipinski definition) is 10. The number of hydrazone groups is 1. The molecule has 1 aromatic heterocycles. The first-order valence-corrected chi connectivity index (χ1v) is 15.0. The monoisotopic (exact) mass is 625 g/mol. The van der Waals surface area contributed by atoms with E-state index in [0.717, 1.165) is 27.5 Å². The number of carbonyl (C=O) groups excluding carboxylic acids is 2. The van der Waals surface area contributed by atoms with E-state index in [1.54, 1.807) is 49.2 Å². The van der Waals surface area contributed by atoms with Crippen LogP contribution in [0.2, 0.25) is 5.02 Å². The van der Waals surface area contributed by atoms with Gasteiger partial charge in [0.25, 0.3) is 5.91 Å². The second-order valence-corrected chi connectivity index (χ2v) is 11.1. The number of nitrogens with zero attached hydrogens (tertiary/aromatic N) is 3. The third-order valence-electron chi connectivity index (χ3n) is 5.45. The van der Waals surface area contributed by atoms with Crippen LogP contribution in [0.15, 0.2) is 76.7 Å². The van der Waals surface area contributed by atoms with Crippen molar-refractivity contribution >= 4 is 57.9 Å². The second kappa shape index (κ2) is 15.8. The smallest absolute Gasteiger partial charge is 0.257 e. The number of carbonyl (C=O) groups is 2. The summed E-state index contributed by atoms with van der Waals surface area (Å²) in [5.74, 6) is 1.90. The first-order chi connectivity index (χ1) is 20.4. The fourth-order valence-electron chi connectivity index (χ4n) is 3.48. The number of benzene rings is 3. The van der Waals surface area contributed by atoms with Crippen molar-refractivity contribution in [1.29, 1.82) is 0 Å². The highest BCUT2D eigenvalue weighted by Gasteiger charge is 2.13.